The van der Waals surface area contributed by atoms with Crippen LogP contribution in [0.3, 0.4) is 0 Å². The molecule has 1 N–H and O–H groups in total. The van der Waals surface area contributed by atoms with E-state index in [1.54, 1.807) is 11.8 Å². The molecule has 30 heavy (non-hydrogen) atoms. The summed E-state index contributed by atoms with van der Waals surface area (Å²) < 4.78 is 0. The number of anilines is 1. The minimum Gasteiger partial charge on any atom is -0.342 e. The number of likely N-dealkylation sites (tertiary alicyclic amines) is 1. The molecule has 5 heteroatoms. The van der Waals surface area contributed by atoms with Crippen molar-refractivity contribution in [2.24, 2.45) is 5.92 Å². The van der Waals surface area contributed by atoms with Gasteiger partial charge in [-0.15, -0.1) is 11.8 Å². The van der Waals surface area contributed by atoms with E-state index in [1.807, 2.05) is 59.7 Å². The number of carbonyl (C=O) groups is 2. The van der Waals surface area contributed by atoms with Crippen LogP contribution >= 0.6 is 11.8 Å². The number of thioether (sulfide) groups is 1. The Bertz CT molecular complexity index is 1060. The van der Waals surface area contributed by atoms with Crippen LogP contribution in [-0.4, -0.2) is 36.1 Å². The van der Waals surface area contributed by atoms with E-state index in [4.69, 9.17) is 0 Å². The summed E-state index contributed by atoms with van der Waals surface area (Å²) in [4.78, 5) is 28.8. The second-order valence-corrected chi connectivity index (χ2v) is 8.59. The molecular formula is C25H26N2O2S. The van der Waals surface area contributed by atoms with Crippen LogP contribution in [0.1, 0.15) is 18.4 Å². The number of amides is 2. The van der Waals surface area contributed by atoms with Crippen LogP contribution in [0.25, 0.3) is 10.8 Å². The van der Waals surface area contributed by atoms with E-state index in [0.717, 1.165) is 46.3 Å². The van der Waals surface area contributed by atoms with E-state index in [2.05, 4.69) is 23.5 Å². The third kappa shape index (κ3) is 4.68. The topological polar surface area (TPSA) is 49.4 Å². The molecule has 0 aromatic heterocycles. The van der Waals surface area contributed by atoms with Crippen LogP contribution in [0.5, 0.6) is 0 Å². The first kappa shape index (κ1) is 20.5. The molecule has 4 rings (SSSR count). The van der Waals surface area contributed by atoms with Gasteiger partial charge in [0, 0.05) is 23.7 Å². The minimum absolute atomic E-state index is 0.00378. The molecule has 1 saturated heterocycles. The first-order chi connectivity index (χ1) is 14.6. The Kier molecular flexibility index (Phi) is 6.38. The average Bonchev–Trinajstić information content (AvgIpc) is 2.79. The van der Waals surface area contributed by atoms with Crippen LogP contribution in [0, 0.1) is 5.92 Å². The molecule has 1 fully saturated rings. The molecule has 0 bridgehead atoms. The summed E-state index contributed by atoms with van der Waals surface area (Å²) in [5, 5.41) is 5.29. The highest BCUT2D eigenvalue weighted by atomic mass is 32.2. The highest BCUT2D eigenvalue weighted by Crippen LogP contribution is 2.24. The number of carbonyl (C=O) groups excluding carboxylic acids is 2. The smallest absolute Gasteiger partial charge is 0.229 e. The fourth-order valence-corrected chi connectivity index (χ4v) is 4.54. The Morgan fingerprint density at radius 3 is 2.73 bits per heavy atom. The molecule has 1 heterocycles. The van der Waals surface area contributed by atoms with Gasteiger partial charge in [0.1, 0.15) is 0 Å². The second kappa shape index (κ2) is 9.35. The fraction of sp³-hybridized carbons (Fsp3) is 0.280. The van der Waals surface area contributed by atoms with Crippen molar-refractivity contribution in [3.05, 3.63) is 72.3 Å². The minimum atomic E-state index is -0.173. The number of piperidine rings is 1. The predicted molar refractivity (Wildman–Crippen MR) is 124 cm³/mol. The number of nitrogens with zero attached hydrogens (tertiary/aromatic N) is 1. The predicted octanol–water partition coefficient (Wildman–Crippen LogP) is 4.98. The van der Waals surface area contributed by atoms with Crippen LogP contribution < -0.4 is 5.32 Å². The lowest BCUT2D eigenvalue weighted by atomic mass is 9.95. The lowest BCUT2D eigenvalue weighted by Gasteiger charge is -2.32. The highest BCUT2D eigenvalue weighted by molar-refractivity contribution is 7.98. The lowest BCUT2D eigenvalue weighted by Crippen LogP contribution is -2.44. The Labute approximate surface area is 181 Å². The molecule has 0 radical (unpaired) electrons. The molecule has 1 atom stereocenters. The molecule has 4 nitrogen and oxygen atoms in total. The van der Waals surface area contributed by atoms with E-state index >= 15 is 0 Å². The maximum absolute atomic E-state index is 13.0. The SMILES string of the molecule is CSc1cccc(NC(=O)C2CCCN(C(=O)Cc3cccc4ccccc34)C2)c1. The van der Waals surface area contributed by atoms with Gasteiger partial charge in [0.05, 0.1) is 12.3 Å². The zero-order chi connectivity index (χ0) is 20.9. The van der Waals surface area contributed by atoms with Gasteiger partial charge in [-0.2, -0.15) is 0 Å². The van der Waals surface area contributed by atoms with E-state index < -0.39 is 0 Å². The molecule has 0 aliphatic carbocycles. The van der Waals surface area contributed by atoms with Crippen molar-refractivity contribution in [2.75, 3.05) is 24.7 Å². The molecule has 1 aliphatic heterocycles. The van der Waals surface area contributed by atoms with Crippen molar-refractivity contribution >= 4 is 40.0 Å². The van der Waals surface area contributed by atoms with Crippen molar-refractivity contribution < 1.29 is 9.59 Å². The summed E-state index contributed by atoms with van der Waals surface area (Å²) >= 11 is 1.65. The summed E-state index contributed by atoms with van der Waals surface area (Å²) in [5.41, 5.74) is 1.85. The van der Waals surface area contributed by atoms with Crippen LogP contribution in [0.15, 0.2) is 71.6 Å². The largest absolute Gasteiger partial charge is 0.342 e. The maximum atomic E-state index is 13.0. The second-order valence-electron chi connectivity index (χ2n) is 7.72. The first-order valence-electron chi connectivity index (χ1n) is 10.3. The van der Waals surface area contributed by atoms with E-state index in [-0.39, 0.29) is 17.7 Å². The van der Waals surface area contributed by atoms with Crippen molar-refractivity contribution in [3.63, 3.8) is 0 Å². The van der Waals surface area contributed by atoms with Crippen LogP contribution in [-0.2, 0) is 16.0 Å². The van der Waals surface area contributed by atoms with Gasteiger partial charge in [-0.1, -0.05) is 48.5 Å². The first-order valence-corrected chi connectivity index (χ1v) is 11.6. The summed E-state index contributed by atoms with van der Waals surface area (Å²) in [6.45, 7) is 1.20. The molecule has 1 aliphatic rings. The van der Waals surface area contributed by atoms with E-state index in [9.17, 15) is 9.59 Å². The van der Waals surface area contributed by atoms with Crippen molar-refractivity contribution in [2.45, 2.75) is 24.2 Å². The van der Waals surface area contributed by atoms with Crippen molar-refractivity contribution in [1.82, 2.24) is 4.90 Å². The molecule has 3 aromatic carbocycles. The Balaban J connectivity index is 1.41. The Morgan fingerprint density at radius 2 is 1.87 bits per heavy atom. The molecule has 0 saturated carbocycles. The van der Waals surface area contributed by atoms with Crippen LogP contribution in [0.2, 0.25) is 0 Å². The number of hydrogen-bond donors (Lipinski definition) is 1. The molecule has 0 spiro atoms. The number of benzene rings is 3. The average molecular weight is 419 g/mol. The van der Waals surface area contributed by atoms with Gasteiger partial charge in [0.25, 0.3) is 0 Å². The zero-order valence-electron chi connectivity index (χ0n) is 17.1. The molecule has 2 amide bonds. The quantitative estimate of drug-likeness (QED) is 0.595. The van der Waals surface area contributed by atoms with Crippen molar-refractivity contribution in [3.8, 4) is 0 Å². The monoisotopic (exact) mass is 418 g/mol. The van der Waals surface area contributed by atoms with Crippen LogP contribution in [0.4, 0.5) is 5.69 Å². The summed E-state index contributed by atoms with van der Waals surface area (Å²) in [5.74, 6) is -0.0858. The summed E-state index contributed by atoms with van der Waals surface area (Å²) in [7, 11) is 0. The molecular weight excluding hydrogens is 392 g/mol. The Morgan fingerprint density at radius 1 is 1.07 bits per heavy atom. The normalized spacial score (nSPS) is 16.4. The van der Waals surface area contributed by atoms with Gasteiger partial charge < -0.3 is 10.2 Å². The van der Waals surface area contributed by atoms with Gasteiger partial charge in [0.15, 0.2) is 0 Å². The summed E-state index contributed by atoms with van der Waals surface area (Å²) in [6.07, 6.45) is 4.04. The van der Waals surface area contributed by atoms with E-state index in [0.29, 0.717) is 13.0 Å². The van der Waals surface area contributed by atoms with Gasteiger partial charge in [-0.05, 0) is 53.6 Å². The van der Waals surface area contributed by atoms with Gasteiger partial charge in [-0.3, -0.25) is 9.59 Å². The molecule has 154 valence electrons. The highest BCUT2D eigenvalue weighted by Gasteiger charge is 2.28. The lowest BCUT2D eigenvalue weighted by molar-refractivity contribution is -0.133. The number of hydrogen-bond acceptors (Lipinski definition) is 3. The van der Waals surface area contributed by atoms with Gasteiger partial charge in [-0.25, -0.2) is 0 Å². The summed E-state index contributed by atoms with van der Waals surface area (Å²) in [6, 6.07) is 22.1. The number of nitrogens with one attached hydrogen (secondary N) is 1. The molecule has 1 unspecified atom stereocenters. The number of fused-ring (bicyclic) bond motifs is 1. The standard InChI is InChI=1S/C25H26N2O2S/c1-30-22-12-5-11-21(16-22)26-25(29)20-10-6-14-27(17-20)24(28)15-19-9-4-8-18-7-2-3-13-23(18)19/h2-5,7-9,11-13,16,20H,6,10,14-15,17H2,1H3,(H,26,29). The van der Waals surface area contributed by atoms with Crippen molar-refractivity contribution in [1.29, 1.82) is 0 Å². The van der Waals surface area contributed by atoms with E-state index in [1.165, 1.54) is 0 Å². The molecule has 3 aromatic rings. The fourth-order valence-electron chi connectivity index (χ4n) is 4.08. The number of rotatable bonds is 5. The zero-order valence-corrected chi connectivity index (χ0v) is 18.0. The third-order valence-electron chi connectivity index (χ3n) is 5.70. The Hall–Kier alpha value is -2.79. The van der Waals surface area contributed by atoms with Gasteiger partial charge in [0.2, 0.25) is 11.8 Å². The third-order valence-corrected chi connectivity index (χ3v) is 6.43. The van der Waals surface area contributed by atoms with Gasteiger partial charge >= 0.3 is 0 Å². The maximum Gasteiger partial charge on any atom is 0.229 e.